The molecule has 1 atom stereocenters. The lowest BCUT2D eigenvalue weighted by Gasteiger charge is -2.15. The van der Waals surface area contributed by atoms with Crippen molar-refractivity contribution in [3.8, 4) is 5.75 Å². The Morgan fingerprint density at radius 3 is 2.45 bits per heavy atom. The topological polar surface area (TPSA) is 97.7 Å². The molecule has 0 radical (unpaired) electrons. The Hall–Kier alpha value is -1.42. The summed E-state index contributed by atoms with van der Waals surface area (Å²) in [6.07, 6.45) is 3.05. The summed E-state index contributed by atoms with van der Waals surface area (Å²) in [5.41, 5.74) is 0.355. The van der Waals surface area contributed by atoms with Crippen molar-refractivity contribution < 1.29 is 26.7 Å². The van der Waals surface area contributed by atoms with Gasteiger partial charge in [-0.2, -0.15) is 0 Å². The number of sulfone groups is 2. The Morgan fingerprint density at radius 2 is 1.79 bits per heavy atom. The number of hydrogen-bond donors (Lipinski definition) is 1. The minimum Gasteiger partial charge on any atom is -0.507 e. The van der Waals surface area contributed by atoms with E-state index in [2.05, 4.69) is 15.9 Å². The number of hydrogen-bond acceptors (Lipinski definition) is 6. The summed E-state index contributed by atoms with van der Waals surface area (Å²) in [7, 11) is -7.57. The number of phenols is 1. The third-order valence-electron chi connectivity index (χ3n) is 5.21. The van der Waals surface area contributed by atoms with Crippen LogP contribution in [0.15, 0.2) is 50.7 Å². The molecule has 2 aromatic carbocycles. The van der Waals surface area contributed by atoms with Crippen LogP contribution in [0.4, 0.5) is 0 Å². The van der Waals surface area contributed by atoms with Gasteiger partial charge in [-0.1, -0.05) is 22.0 Å². The second-order valence-electron chi connectivity index (χ2n) is 7.54. The van der Waals surface area contributed by atoms with Crippen LogP contribution in [-0.4, -0.2) is 34.0 Å². The lowest BCUT2D eigenvalue weighted by atomic mass is 10.1. The zero-order chi connectivity index (χ0) is 20.8. The van der Waals surface area contributed by atoms with Crippen molar-refractivity contribution in [3.05, 3.63) is 52.0 Å². The average molecular weight is 501 g/mol. The predicted octanol–water partition coefficient (Wildman–Crippen LogP) is 3.92. The van der Waals surface area contributed by atoms with Crippen molar-refractivity contribution in [1.29, 1.82) is 0 Å². The van der Waals surface area contributed by atoms with E-state index < -0.39 is 30.9 Å². The molecular formula is C20H21BrO6S2. The molecule has 4 rings (SSSR count). The Bertz CT molecular complexity index is 1150. The first-order chi connectivity index (χ1) is 13.7. The van der Waals surface area contributed by atoms with Gasteiger partial charge in [0.15, 0.2) is 15.3 Å². The molecule has 1 saturated carbocycles. The second kappa shape index (κ2) is 7.68. The molecule has 1 aliphatic heterocycles. The molecule has 2 fully saturated rings. The lowest BCUT2D eigenvalue weighted by molar-refractivity contribution is 0.165. The molecule has 29 heavy (non-hydrogen) atoms. The van der Waals surface area contributed by atoms with Gasteiger partial charge in [-0.3, -0.25) is 0 Å². The van der Waals surface area contributed by atoms with Gasteiger partial charge in [-0.05, 0) is 73.1 Å². The van der Waals surface area contributed by atoms with Gasteiger partial charge in [-0.15, -0.1) is 0 Å². The summed E-state index contributed by atoms with van der Waals surface area (Å²) in [5.74, 6) is -0.472. The second-order valence-corrected chi connectivity index (χ2v) is 12.5. The first-order valence-electron chi connectivity index (χ1n) is 9.37. The van der Waals surface area contributed by atoms with E-state index in [1.165, 1.54) is 18.2 Å². The highest BCUT2D eigenvalue weighted by atomic mass is 79.9. The smallest absolute Gasteiger partial charge is 0.205 e. The van der Waals surface area contributed by atoms with Crippen LogP contribution in [-0.2, 0) is 30.2 Å². The van der Waals surface area contributed by atoms with Crippen LogP contribution < -0.4 is 0 Å². The van der Waals surface area contributed by atoms with Crippen LogP contribution in [0.3, 0.4) is 0 Å². The monoisotopic (exact) mass is 500 g/mol. The van der Waals surface area contributed by atoms with E-state index in [1.54, 1.807) is 18.2 Å². The molecule has 0 amide bonds. The molecule has 1 heterocycles. The molecule has 1 N–H and O–H groups in total. The molecule has 2 aromatic rings. The quantitative estimate of drug-likeness (QED) is 0.645. The minimum atomic E-state index is -3.88. The molecule has 0 spiro atoms. The Labute approximate surface area is 178 Å². The maximum Gasteiger partial charge on any atom is 0.205 e. The molecule has 0 bridgehead atoms. The SMILES string of the molecule is O=S(=O)(Cc1cc(C2CC2)cc(S(=O)(=O)C2CCCO2)c1)c1cc(Br)ccc1O. The predicted molar refractivity (Wildman–Crippen MR) is 111 cm³/mol. The van der Waals surface area contributed by atoms with Gasteiger partial charge in [0.2, 0.25) is 9.84 Å². The average Bonchev–Trinajstić information content (AvgIpc) is 3.36. The van der Waals surface area contributed by atoms with Gasteiger partial charge in [0.05, 0.1) is 10.6 Å². The molecule has 156 valence electrons. The highest BCUT2D eigenvalue weighted by Gasteiger charge is 2.34. The normalized spacial score (nSPS) is 20.1. The van der Waals surface area contributed by atoms with E-state index in [9.17, 15) is 21.9 Å². The maximum atomic E-state index is 13.0. The van der Waals surface area contributed by atoms with E-state index in [-0.39, 0.29) is 21.5 Å². The Balaban J connectivity index is 1.74. The maximum absolute atomic E-state index is 13.0. The first-order valence-corrected chi connectivity index (χ1v) is 13.4. The largest absolute Gasteiger partial charge is 0.507 e. The van der Waals surface area contributed by atoms with Crippen LogP contribution >= 0.6 is 15.9 Å². The third-order valence-corrected chi connectivity index (χ3v) is 9.37. The van der Waals surface area contributed by atoms with Gasteiger partial charge in [0.1, 0.15) is 10.6 Å². The van der Waals surface area contributed by atoms with E-state index in [4.69, 9.17) is 4.74 Å². The van der Waals surface area contributed by atoms with E-state index in [0.717, 1.165) is 18.4 Å². The molecule has 9 heteroatoms. The summed E-state index contributed by atoms with van der Waals surface area (Å²) in [4.78, 5) is -0.0790. The van der Waals surface area contributed by atoms with Crippen molar-refractivity contribution in [3.63, 3.8) is 0 Å². The van der Waals surface area contributed by atoms with Crippen LogP contribution in [0.2, 0.25) is 0 Å². The zero-order valence-corrected chi connectivity index (χ0v) is 18.8. The lowest BCUT2D eigenvalue weighted by Crippen LogP contribution is -2.20. The van der Waals surface area contributed by atoms with Crippen LogP contribution in [0, 0.1) is 0 Å². The van der Waals surface area contributed by atoms with Gasteiger partial charge < -0.3 is 9.84 Å². The summed E-state index contributed by atoms with van der Waals surface area (Å²) in [6, 6.07) is 9.05. The zero-order valence-electron chi connectivity index (χ0n) is 15.5. The van der Waals surface area contributed by atoms with Crippen molar-refractivity contribution >= 4 is 35.6 Å². The van der Waals surface area contributed by atoms with Crippen LogP contribution in [0.25, 0.3) is 0 Å². The summed E-state index contributed by atoms with van der Waals surface area (Å²) in [6.45, 7) is 0.412. The van der Waals surface area contributed by atoms with E-state index in [1.807, 2.05) is 0 Å². The van der Waals surface area contributed by atoms with Crippen molar-refractivity contribution in [2.45, 2.75) is 52.6 Å². The highest BCUT2D eigenvalue weighted by Crippen LogP contribution is 2.42. The Kier molecular flexibility index (Phi) is 5.52. The van der Waals surface area contributed by atoms with Gasteiger partial charge in [0, 0.05) is 11.1 Å². The molecule has 1 aliphatic carbocycles. The minimum absolute atomic E-state index is 0.109. The van der Waals surface area contributed by atoms with E-state index in [0.29, 0.717) is 29.5 Å². The number of ether oxygens (including phenoxy) is 1. The van der Waals surface area contributed by atoms with Crippen LogP contribution in [0.1, 0.15) is 42.7 Å². The summed E-state index contributed by atoms with van der Waals surface area (Å²) in [5, 5.41) is 10.0. The number of rotatable bonds is 6. The third kappa shape index (κ3) is 4.38. The fourth-order valence-corrected chi connectivity index (χ4v) is 7.20. The molecule has 2 aliphatic rings. The Morgan fingerprint density at radius 1 is 1.03 bits per heavy atom. The van der Waals surface area contributed by atoms with E-state index >= 15 is 0 Å². The van der Waals surface area contributed by atoms with Crippen LogP contribution in [0.5, 0.6) is 5.75 Å². The van der Waals surface area contributed by atoms with Gasteiger partial charge >= 0.3 is 0 Å². The van der Waals surface area contributed by atoms with Crippen molar-refractivity contribution in [1.82, 2.24) is 0 Å². The van der Waals surface area contributed by atoms with Gasteiger partial charge in [0.25, 0.3) is 0 Å². The standard InChI is InChI=1S/C20H21BrO6S2/c21-16-5-6-18(22)19(11-16)28(23,24)12-13-8-15(14-3-4-14)10-17(9-13)29(25,26)20-2-1-7-27-20/h5-6,8-11,14,20,22H,1-4,7,12H2. The summed E-state index contributed by atoms with van der Waals surface area (Å²) >= 11 is 3.22. The number of halogens is 1. The molecule has 1 unspecified atom stereocenters. The first kappa shape index (κ1) is 20.8. The molecular weight excluding hydrogens is 480 g/mol. The van der Waals surface area contributed by atoms with Crippen molar-refractivity contribution in [2.75, 3.05) is 6.61 Å². The number of benzene rings is 2. The molecule has 6 nitrogen and oxygen atoms in total. The molecule has 1 saturated heterocycles. The fourth-order valence-electron chi connectivity index (χ4n) is 3.56. The fraction of sp³-hybridized carbons (Fsp3) is 0.400. The number of phenolic OH excluding ortho intramolecular Hbond substituents is 1. The summed E-state index contributed by atoms with van der Waals surface area (Å²) < 4.78 is 57.8. The highest BCUT2D eigenvalue weighted by molar-refractivity contribution is 9.10. The van der Waals surface area contributed by atoms with Crippen molar-refractivity contribution in [2.24, 2.45) is 0 Å². The number of aromatic hydroxyl groups is 1. The molecule has 0 aromatic heterocycles. The van der Waals surface area contributed by atoms with Gasteiger partial charge in [-0.25, -0.2) is 16.8 Å².